The predicted octanol–water partition coefficient (Wildman–Crippen LogP) is 3.39. The van der Waals surface area contributed by atoms with Crippen molar-refractivity contribution < 1.29 is 9.59 Å². The maximum atomic E-state index is 11.8. The molecular weight excluding hydrogens is 236 g/mol. The van der Waals surface area contributed by atoms with Gasteiger partial charge in [-0.15, -0.1) is 0 Å². The summed E-state index contributed by atoms with van der Waals surface area (Å²) in [5, 5.41) is 0. The van der Waals surface area contributed by atoms with Gasteiger partial charge in [0.2, 0.25) is 0 Å². The maximum absolute atomic E-state index is 11.8. The lowest BCUT2D eigenvalue weighted by atomic mass is 9.54. The Balaban J connectivity index is 1.56. The second-order valence-electron chi connectivity index (χ2n) is 7.56. The van der Waals surface area contributed by atoms with Gasteiger partial charge in [0.05, 0.1) is 0 Å². The third-order valence-electron chi connectivity index (χ3n) is 6.80. The van der Waals surface area contributed by atoms with Crippen LogP contribution in [0.25, 0.3) is 0 Å². The average molecular weight is 260 g/mol. The first-order valence-corrected chi connectivity index (χ1v) is 8.26. The van der Waals surface area contributed by atoms with E-state index in [2.05, 4.69) is 0 Å². The molecule has 19 heavy (non-hydrogen) atoms. The summed E-state index contributed by atoms with van der Waals surface area (Å²) < 4.78 is 0. The van der Waals surface area contributed by atoms with E-state index in [0.717, 1.165) is 55.8 Å². The fourth-order valence-electron chi connectivity index (χ4n) is 6.07. The zero-order valence-electron chi connectivity index (χ0n) is 11.6. The molecule has 0 N–H and O–H groups in total. The van der Waals surface area contributed by atoms with Crippen LogP contribution in [0.5, 0.6) is 0 Å². The number of carbonyl (C=O) groups excluding carboxylic acids is 2. The molecule has 6 atom stereocenters. The van der Waals surface area contributed by atoms with Crippen LogP contribution in [0.2, 0.25) is 0 Å². The molecule has 0 amide bonds. The predicted molar refractivity (Wildman–Crippen MR) is 72.5 cm³/mol. The molecule has 0 radical (unpaired) electrons. The Morgan fingerprint density at radius 1 is 0.579 bits per heavy atom. The summed E-state index contributed by atoms with van der Waals surface area (Å²) in [6, 6.07) is 0. The van der Waals surface area contributed by atoms with Gasteiger partial charge in [-0.3, -0.25) is 9.59 Å². The molecule has 0 aromatic heterocycles. The lowest BCUT2D eigenvalue weighted by Crippen LogP contribution is -2.44. The summed E-state index contributed by atoms with van der Waals surface area (Å²) in [4.78, 5) is 23.4. The van der Waals surface area contributed by atoms with Crippen LogP contribution in [0.15, 0.2) is 0 Å². The average Bonchev–Trinajstić information content (AvgIpc) is 2.78. The third kappa shape index (κ3) is 1.90. The number of ketones is 2. The van der Waals surface area contributed by atoms with E-state index < -0.39 is 0 Å². The SMILES string of the molecule is O=C1CCC2C(CCC3C4CC(=O)CC4CCC23)C1. The van der Waals surface area contributed by atoms with Gasteiger partial charge in [-0.25, -0.2) is 0 Å². The highest BCUT2D eigenvalue weighted by Gasteiger charge is 2.50. The Morgan fingerprint density at radius 3 is 2.00 bits per heavy atom. The maximum Gasteiger partial charge on any atom is 0.133 e. The van der Waals surface area contributed by atoms with Gasteiger partial charge in [0, 0.05) is 25.7 Å². The van der Waals surface area contributed by atoms with E-state index in [1.165, 1.54) is 25.7 Å². The number of hydrogen-bond acceptors (Lipinski definition) is 2. The zero-order valence-corrected chi connectivity index (χ0v) is 11.6. The van der Waals surface area contributed by atoms with Crippen molar-refractivity contribution in [2.24, 2.45) is 35.5 Å². The number of Topliss-reactive ketones (excluding diaryl/α,β-unsaturated/α-hetero) is 2. The Hall–Kier alpha value is -0.660. The van der Waals surface area contributed by atoms with Crippen molar-refractivity contribution in [2.75, 3.05) is 0 Å². The van der Waals surface area contributed by atoms with Crippen LogP contribution in [0, 0.1) is 35.5 Å². The van der Waals surface area contributed by atoms with E-state index in [9.17, 15) is 9.59 Å². The minimum absolute atomic E-state index is 0.504. The summed E-state index contributed by atoms with van der Waals surface area (Å²) in [6.07, 6.45) is 9.78. The van der Waals surface area contributed by atoms with E-state index >= 15 is 0 Å². The molecule has 4 rings (SSSR count). The first-order chi connectivity index (χ1) is 9.22. The van der Waals surface area contributed by atoms with Crippen molar-refractivity contribution in [1.29, 1.82) is 0 Å². The number of fused-ring (bicyclic) bond motifs is 5. The van der Waals surface area contributed by atoms with E-state index in [1.807, 2.05) is 0 Å². The zero-order chi connectivity index (χ0) is 13.0. The quantitative estimate of drug-likeness (QED) is 0.669. The molecular formula is C17H24O2. The monoisotopic (exact) mass is 260 g/mol. The highest BCUT2D eigenvalue weighted by Crippen LogP contribution is 2.56. The summed E-state index contributed by atoms with van der Waals surface area (Å²) in [6.45, 7) is 0. The molecule has 4 aliphatic rings. The fourth-order valence-corrected chi connectivity index (χ4v) is 6.07. The van der Waals surface area contributed by atoms with Crippen molar-refractivity contribution in [3.8, 4) is 0 Å². The summed E-state index contributed by atoms with van der Waals surface area (Å²) in [5.74, 6) is 5.63. The van der Waals surface area contributed by atoms with Crippen molar-refractivity contribution in [2.45, 2.75) is 57.8 Å². The first kappa shape index (κ1) is 12.1. The smallest absolute Gasteiger partial charge is 0.133 e. The molecule has 0 heterocycles. The van der Waals surface area contributed by atoms with Crippen molar-refractivity contribution >= 4 is 11.6 Å². The van der Waals surface area contributed by atoms with Crippen LogP contribution in [0.3, 0.4) is 0 Å². The van der Waals surface area contributed by atoms with Gasteiger partial charge in [0.15, 0.2) is 0 Å². The minimum Gasteiger partial charge on any atom is -0.300 e. The highest BCUT2D eigenvalue weighted by molar-refractivity contribution is 5.81. The Bertz CT molecular complexity index is 413. The van der Waals surface area contributed by atoms with Gasteiger partial charge in [0.25, 0.3) is 0 Å². The van der Waals surface area contributed by atoms with E-state index in [0.29, 0.717) is 23.4 Å². The number of rotatable bonds is 0. The van der Waals surface area contributed by atoms with Gasteiger partial charge in [-0.2, -0.15) is 0 Å². The molecule has 104 valence electrons. The molecule has 2 nitrogen and oxygen atoms in total. The van der Waals surface area contributed by atoms with E-state index in [1.54, 1.807) is 0 Å². The summed E-state index contributed by atoms with van der Waals surface area (Å²) in [7, 11) is 0. The van der Waals surface area contributed by atoms with Gasteiger partial charge < -0.3 is 0 Å². The molecule has 2 heteroatoms. The van der Waals surface area contributed by atoms with Crippen LogP contribution in [0.1, 0.15) is 57.8 Å². The molecule has 0 bridgehead atoms. The van der Waals surface area contributed by atoms with Crippen LogP contribution < -0.4 is 0 Å². The minimum atomic E-state index is 0.504. The van der Waals surface area contributed by atoms with Gasteiger partial charge in [0.1, 0.15) is 11.6 Å². The molecule has 4 fully saturated rings. The second-order valence-corrected chi connectivity index (χ2v) is 7.56. The first-order valence-electron chi connectivity index (χ1n) is 8.26. The molecule has 4 aliphatic carbocycles. The van der Waals surface area contributed by atoms with Crippen molar-refractivity contribution in [3.05, 3.63) is 0 Å². The lowest BCUT2D eigenvalue weighted by Gasteiger charge is -2.51. The standard InChI is InChI=1S/C17H24O2/c18-12-3-6-14-10(7-12)1-5-16-15(14)4-2-11-8-13(19)9-17(11)16/h10-11,14-17H,1-9H2. The molecule has 0 aromatic carbocycles. The number of carbonyl (C=O) groups is 2. The Kier molecular flexibility index (Phi) is 2.82. The Morgan fingerprint density at radius 2 is 1.21 bits per heavy atom. The summed E-state index contributed by atoms with van der Waals surface area (Å²) in [5.41, 5.74) is 0. The topological polar surface area (TPSA) is 34.1 Å². The summed E-state index contributed by atoms with van der Waals surface area (Å²) >= 11 is 0. The van der Waals surface area contributed by atoms with Crippen LogP contribution in [-0.4, -0.2) is 11.6 Å². The van der Waals surface area contributed by atoms with Crippen molar-refractivity contribution in [1.82, 2.24) is 0 Å². The molecule has 0 aromatic rings. The molecule has 4 saturated carbocycles. The third-order valence-corrected chi connectivity index (χ3v) is 6.80. The number of hydrogen-bond donors (Lipinski definition) is 0. The van der Waals surface area contributed by atoms with E-state index in [4.69, 9.17) is 0 Å². The Labute approximate surface area is 115 Å². The molecule has 6 unspecified atom stereocenters. The molecule has 0 aliphatic heterocycles. The van der Waals surface area contributed by atoms with Gasteiger partial charge in [-0.1, -0.05) is 0 Å². The van der Waals surface area contributed by atoms with Crippen molar-refractivity contribution in [3.63, 3.8) is 0 Å². The second kappa shape index (κ2) is 4.43. The highest BCUT2D eigenvalue weighted by atomic mass is 16.1. The normalized spacial score (nSPS) is 49.5. The lowest BCUT2D eigenvalue weighted by molar-refractivity contribution is -0.126. The fraction of sp³-hybridized carbons (Fsp3) is 0.882. The molecule has 0 saturated heterocycles. The van der Waals surface area contributed by atoms with Gasteiger partial charge >= 0.3 is 0 Å². The van der Waals surface area contributed by atoms with Crippen LogP contribution >= 0.6 is 0 Å². The molecule has 0 spiro atoms. The van der Waals surface area contributed by atoms with E-state index in [-0.39, 0.29) is 0 Å². The van der Waals surface area contributed by atoms with Gasteiger partial charge in [-0.05, 0) is 67.6 Å². The van der Waals surface area contributed by atoms with Crippen LogP contribution in [0.4, 0.5) is 0 Å². The van der Waals surface area contributed by atoms with Crippen LogP contribution in [-0.2, 0) is 9.59 Å². The largest absolute Gasteiger partial charge is 0.300 e.